The van der Waals surface area contributed by atoms with Gasteiger partial charge in [0.05, 0.1) is 0 Å². The van der Waals surface area contributed by atoms with Gasteiger partial charge in [0, 0.05) is 0 Å². The van der Waals surface area contributed by atoms with E-state index in [0.717, 1.165) is 0 Å². The minimum atomic E-state index is 1.24. The number of hydrogen-bond donors (Lipinski definition) is 0. The van der Waals surface area contributed by atoms with Gasteiger partial charge in [-0.15, -0.1) is 0 Å². The Morgan fingerprint density at radius 2 is 0.389 bits per heavy atom. The quantitative estimate of drug-likeness (QED) is 0.159. The van der Waals surface area contributed by atoms with Crippen LogP contribution in [0.3, 0.4) is 0 Å². The predicted octanol–water partition coefficient (Wildman–Crippen LogP) is 15.4. The number of benzene rings is 12. The molecular formula is C54H32. The second-order valence-corrected chi connectivity index (χ2v) is 14.8. The van der Waals surface area contributed by atoms with Gasteiger partial charge in [-0.25, -0.2) is 0 Å². The predicted molar refractivity (Wildman–Crippen MR) is 235 cm³/mol. The van der Waals surface area contributed by atoms with Crippen molar-refractivity contribution in [2.45, 2.75) is 0 Å². The normalized spacial score (nSPS) is 12.1. The van der Waals surface area contributed by atoms with Crippen LogP contribution < -0.4 is 0 Å². The SMILES string of the molecule is c1ccc2c(c1)ccc1c3cc(-c4ccc5ccc6c7cc(-c8ccc9c%10ccccc%10c%10ccccc%10c9c8)ccc7ccc6c5c4)ccc3ccc21. The van der Waals surface area contributed by atoms with E-state index < -0.39 is 0 Å². The van der Waals surface area contributed by atoms with Crippen LogP contribution in [0.25, 0.3) is 119 Å². The Bertz CT molecular complexity index is 3510. The molecule has 248 valence electrons. The zero-order valence-electron chi connectivity index (χ0n) is 29.5. The third-order valence-electron chi connectivity index (χ3n) is 12.0. The van der Waals surface area contributed by atoms with Gasteiger partial charge in [0.15, 0.2) is 0 Å². The highest BCUT2D eigenvalue weighted by molar-refractivity contribution is 6.26. The lowest BCUT2D eigenvalue weighted by molar-refractivity contribution is 1.69. The fourth-order valence-corrected chi connectivity index (χ4v) is 9.31. The fraction of sp³-hybridized carbons (Fsp3) is 0. The maximum Gasteiger partial charge on any atom is -0.00928 e. The van der Waals surface area contributed by atoms with Crippen LogP contribution in [-0.4, -0.2) is 0 Å². The van der Waals surface area contributed by atoms with Crippen molar-refractivity contribution in [1.82, 2.24) is 0 Å². The van der Waals surface area contributed by atoms with Crippen LogP contribution in [0.5, 0.6) is 0 Å². The summed E-state index contributed by atoms with van der Waals surface area (Å²) in [6.07, 6.45) is 0. The molecule has 54 heavy (non-hydrogen) atoms. The first kappa shape index (κ1) is 29.5. The Morgan fingerprint density at radius 1 is 0.148 bits per heavy atom. The van der Waals surface area contributed by atoms with Crippen LogP contribution in [0.4, 0.5) is 0 Å². The molecule has 0 nitrogen and oxygen atoms in total. The zero-order chi connectivity index (χ0) is 35.3. The average Bonchev–Trinajstić information content (AvgIpc) is 3.25. The highest BCUT2D eigenvalue weighted by Crippen LogP contribution is 2.40. The molecule has 12 aromatic rings. The smallest absolute Gasteiger partial charge is 0.00928 e. The Kier molecular flexibility index (Phi) is 6.15. The van der Waals surface area contributed by atoms with Crippen molar-refractivity contribution in [3.63, 3.8) is 0 Å². The minimum absolute atomic E-state index is 1.24. The zero-order valence-corrected chi connectivity index (χ0v) is 29.5. The number of hydrogen-bond acceptors (Lipinski definition) is 0. The topological polar surface area (TPSA) is 0 Å². The van der Waals surface area contributed by atoms with E-state index in [-0.39, 0.29) is 0 Å². The van der Waals surface area contributed by atoms with Crippen molar-refractivity contribution in [3.05, 3.63) is 194 Å². The minimum Gasteiger partial charge on any atom is -0.0616 e. The lowest BCUT2D eigenvalue weighted by atomic mass is 9.90. The molecule has 0 saturated carbocycles. The molecule has 12 rings (SSSR count). The molecule has 0 saturated heterocycles. The Balaban J connectivity index is 1.02. The molecule has 0 fully saturated rings. The van der Waals surface area contributed by atoms with Gasteiger partial charge < -0.3 is 0 Å². The van der Waals surface area contributed by atoms with E-state index in [2.05, 4.69) is 194 Å². The summed E-state index contributed by atoms with van der Waals surface area (Å²) in [4.78, 5) is 0. The van der Waals surface area contributed by atoms with Crippen molar-refractivity contribution in [1.29, 1.82) is 0 Å². The highest BCUT2D eigenvalue weighted by atomic mass is 14.2. The molecule has 0 heterocycles. The monoisotopic (exact) mass is 680 g/mol. The van der Waals surface area contributed by atoms with Gasteiger partial charge in [-0.05, 0) is 143 Å². The number of rotatable bonds is 2. The summed E-state index contributed by atoms with van der Waals surface area (Å²) in [5.74, 6) is 0. The van der Waals surface area contributed by atoms with Crippen LogP contribution in [-0.2, 0) is 0 Å². The van der Waals surface area contributed by atoms with Crippen LogP contribution >= 0.6 is 0 Å². The van der Waals surface area contributed by atoms with E-state index in [1.807, 2.05) is 0 Å². The first-order chi connectivity index (χ1) is 26.7. The molecule has 0 bridgehead atoms. The van der Waals surface area contributed by atoms with Gasteiger partial charge in [-0.2, -0.15) is 0 Å². The molecular weight excluding hydrogens is 649 g/mol. The first-order valence-electron chi connectivity index (χ1n) is 18.8. The Morgan fingerprint density at radius 3 is 0.833 bits per heavy atom. The van der Waals surface area contributed by atoms with Gasteiger partial charge in [0.1, 0.15) is 0 Å². The largest absolute Gasteiger partial charge is 0.0616 e. The van der Waals surface area contributed by atoms with Gasteiger partial charge >= 0.3 is 0 Å². The van der Waals surface area contributed by atoms with Gasteiger partial charge in [0.2, 0.25) is 0 Å². The molecule has 0 spiro atoms. The van der Waals surface area contributed by atoms with Crippen molar-refractivity contribution in [2.24, 2.45) is 0 Å². The highest BCUT2D eigenvalue weighted by Gasteiger charge is 2.13. The summed E-state index contributed by atoms with van der Waals surface area (Å²) in [6, 6.07) is 72.5. The molecule has 0 radical (unpaired) electrons. The van der Waals surface area contributed by atoms with Crippen LogP contribution in [0.1, 0.15) is 0 Å². The second kappa shape index (κ2) is 11.2. The molecule has 0 amide bonds. The molecule has 0 aliphatic rings. The van der Waals surface area contributed by atoms with Gasteiger partial charge in [-0.3, -0.25) is 0 Å². The van der Waals surface area contributed by atoms with E-state index in [4.69, 9.17) is 0 Å². The standard InChI is InChI=1S/C54H32/c1-2-8-41-33(7-1)19-25-47-46(41)24-20-34-13-16-37(29-51(34)47)38-17-14-35-21-27-49-48(52(35)30-38)26-22-36-15-18-39(31-53(36)49)40-23-28-50-44-11-4-3-9-42(44)43-10-5-6-12-45(43)54(50)32-40/h1-32H. The van der Waals surface area contributed by atoms with Crippen molar-refractivity contribution >= 4 is 97.0 Å². The molecule has 0 N–H and O–H groups in total. The third-order valence-corrected chi connectivity index (χ3v) is 12.0. The summed E-state index contributed by atoms with van der Waals surface area (Å²) < 4.78 is 0. The van der Waals surface area contributed by atoms with Crippen LogP contribution in [0.2, 0.25) is 0 Å². The van der Waals surface area contributed by atoms with Crippen molar-refractivity contribution in [3.8, 4) is 22.3 Å². The average molecular weight is 681 g/mol. The molecule has 0 aliphatic carbocycles. The van der Waals surface area contributed by atoms with Crippen LogP contribution in [0.15, 0.2) is 194 Å². The molecule has 0 aliphatic heterocycles. The van der Waals surface area contributed by atoms with Gasteiger partial charge in [0.25, 0.3) is 0 Å². The molecule has 12 aromatic carbocycles. The second-order valence-electron chi connectivity index (χ2n) is 14.8. The van der Waals surface area contributed by atoms with Gasteiger partial charge in [-0.1, -0.05) is 170 Å². The van der Waals surface area contributed by atoms with Crippen molar-refractivity contribution < 1.29 is 0 Å². The molecule has 0 unspecified atom stereocenters. The summed E-state index contributed by atoms with van der Waals surface area (Å²) in [5, 5.41) is 23.2. The first-order valence-corrected chi connectivity index (χ1v) is 18.8. The summed E-state index contributed by atoms with van der Waals surface area (Å²) in [6.45, 7) is 0. The lowest BCUT2D eigenvalue weighted by Crippen LogP contribution is -1.86. The van der Waals surface area contributed by atoms with E-state index in [1.165, 1.54) is 119 Å². The van der Waals surface area contributed by atoms with E-state index in [9.17, 15) is 0 Å². The third kappa shape index (κ3) is 4.32. The maximum atomic E-state index is 2.40. The molecule has 0 atom stereocenters. The number of fused-ring (bicyclic) bond motifs is 16. The summed E-state index contributed by atoms with van der Waals surface area (Å²) in [5.41, 5.74) is 4.95. The van der Waals surface area contributed by atoms with E-state index in [0.29, 0.717) is 0 Å². The van der Waals surface area contributed by atoms with E-state index >= 15 is 0 Å². The van der Waals surface area contributed by atoms with Crippen LogP contribution in [0, 0.1) is 0 Å². The maximum absolute atomic E-state index is 2.40. The Hall–Kier alpha value is -7.02. The fourth-order valence-electron chi connectivity index (χ4n) is 9.31. The lowest BCUT2D eigenvalue weighted by Gasteiger charge is -2.13. The molecule has 0 heteroatoms. The van der Waals surface area contributed by atoms with E-state index in [1.54, 1.807) is 0 Å². The summed E-state index contributed by atoms with van der Waals surface area (Å²) >= 11 is 0. The van der Waals surface area contributed by atoms with Crippen molar-refractivity contribution in [2.75, 3.05) is 0 Å². The summed E-state index contributed by atoms with van der Waals surface area (Å²) in [7, 11) is 0. The Labute approximate surface area is 312 Å². The molecule has 0 aromatic heterocycles.